The van der Waals surface area contributed by atoms with Crippen LogP contribution in [0.3, 0.4) is 0 Å². The highest BCUT2D eigenvalue weighted by Crippen LogP contribution is 2.27. The van der Waals surface area contributed by atoms with Crippen LogP contribution in [-0.2, 0) is 14.8 Å². The molecule has 0 atom stereocenters. The second kappa shape index (κ2) is 6.37. The smallest absolute Gasteiger partial charge is 0.292 e. The molecule has 0 radical (unpaired) electrons. The molecule has 1 aromatic rings. The third-order valence-electron chi connectivity index (χ3n) is 2.66. The summed E-state index contributed by atoms with van der Waals surface area (Å²) in [7, 11) is -0.847. The molecule has 0 saturated carbocycles. The lowest BCUT2D eigenvalue weighted by Gasteiger charge is -2.25. The van der Waals surface area contributed by atoms with E-state index in [0.29, 0.717) is 0 Å². The molecule has 8 nitrogen and oxygen atoms in total. The van der Waals surface area contributed by atoms with Gasteiger partial charge >= 0.3 is 0 Å². The van der Waals surface area contributed by atoms with Crippen LogP contribution in [0.1, 0.15) is 13.8 Å². The molecular formula is C12H19N3O5S. The molecule has 0 aliphatic carbocycles. The van der Waals surface area contributed by atoms with Gasteiger partial charge in [-0.15, -0.1) is 0 Å². The number of nitro groups is 1. The fraction of sp³-hybridized carbons (Fsp3) is 0.500. The molecule has 2 N–H and O–H groups in total. The minimum absolute atomic E-state index is 0.0540. The first-order valence-electron chi connectivity index (χ1n) is 6.12. The summed E-state index contributed by atoms with van der Waals surface area (Å²) in [6, 6.07) is 3.58. The third kappa shape index (κ3) is 4.38. The van der Waals surface area contributed by atoms with Gasteiger partial charge in [0.15, 0.2) is 0 Å². The van der Waals surface area contributed by atoms with Crippen LogP contribution in [0, 0.1) is 10.1 Å². The van der Waals surface area contributed by atoms with E-state index in [1.54, 1.807) is 13.8 Å². The van der Waals surface area contributed by atoms with Gasteiger partial charge in [0.05, 0.1) is 22.0 Å². The second-order valence-corrected chi connectivity index (χ2v) is 6.79. The normalized spacial score (nSPS) is 12.2. The van der Waals surface area contributed by atoms with Gasteiger partial charge in [-0.05, 0) is 26.0 Å². The van der Waals surface area contributed by atoms with Gasteiger partial charge in [0, 0.05) is 20.2 Å². The molecule has 0 saturated heterocycles. The van der Waals surface area contributed by atoms with Crippen molar-refractivity contribution in [3.05, 3.63) is 28.3 Å². The summed E-state index contributed by atoms with van der Waals surface area (Å²) >= 11 is 0. The summed E-state index contributed by atoms with van der Waals surface area (Å²) in [6.07, 6.45) is 0. The SMILES string of the molecule is CNc1cc(S(=O)(=O)NC(C)(C)COC)ccc1[N+](=O)[O-]. The molecule has 0 aliphatic rings. The lowest BCUT2D eigenvalue weighted by molar-refractivity contribution is -0.384. The monoisotopic (exact) mass is 317 g/mol. The van der Waals surface area contributed by atoms with Gasteiger partial charge in [-0.1, -0.05) is 0 Å². The molecule has 1 aromatic carbocycles. The number of hydrogen-bond donors (Lipinski definition) is 2. The van der Waals surface area contributed by atoms with E-state index in [-0.39, 0.29) is 22.9 Å². The van der Waals surface area contributed by atoms with Crippen LogP contribution < -0.4 is 10.0 Å². The van der Waals surface area contributed by atoms with Crippen molar-refractivity contribution < 1.29 is 18.1 Å². The fourth-order valence-electron chi connectivity index (χ4n) is 1.85. The maximum absolute atomic E-state index is 12.3. The Balaban J connectivity index is 3.18. The van der Waals surface area contributed by atoms with Gasteiger partial charge in [-0.2, -0.15) is 0 Å². The summed E-state index contributed by atoms with van der Waals surface area (Å²) < 4.78 is 32.1. The Bertz CT molecular complexity index is 628. The van der Waals surface area contributed by atoms with Gasteiger partial charge in [0.25, 0.3) is 5.69 Å². The highest BCUT2D eigenvalue weighted by atomic mass is 32.2. The van der Waals surface area contributed by atoms with Gasteiger partial charge in [-0.3, -0.25) is 10.1 Å². The highest BCUT2D eigenvalue weighted by molar-refractivity contribution is 7.89. The first kappa shape index (κ1) is 17.3. The van der Waals surface area contributed by atoms with Crippen molar-refractivity contribution in [1.29, 1.82) is 0 Å². The summed E-state index contributed by atoms with van der Waals surface area (Å²) in [5, 5.41) is 13.5. The fourth-order valence-corrected chi connectivity index (χ4v) is 3.28. The zero-order chi connectivity index (χ0) is 16.3. The topological polar surface area (TPSA) is 111 Å². The molecule has 0 fully saturated rings. The summed E-state index contributed by atoms with van der Waals surface area (Å²) in [6.45, 7) is 3.55. The molecule has 0 unspecified atom stereocenters. The van der Waals surface area contributed by atoms with Crippen molar-refractivity contribution in [3.63, 3.8) is 0 Å². The molecule has 118 valence electrons. The summed E-state index contributed by atoms with van der Waals surface area (Å²) in [5.41, 5.74) is -0.852. The number of nitrogens with one attached hydrogen (secondary N) is 2. The predicted molar refractivity (Wildman–Crippen MR) is 78.9 cm³/mol. The van der Waals surface area contributed by atoms with Crippen molar-refractivity contribution in [2.45, 2.75) is 24.3 Å². The van der Waals surface area contributed by atoms with E-state index in [2.05, 4.69) is 10.0 Å². The highest BCUT2D eigenvalue weighted by Gasteiger charge is 2.27. The van der Waals surface area contributed by atoms with Crippen molar-refractivity contribution in [3.8, 4) is 0 Å². The summed E-state index contributed by atoms with van der Waals surface area (Å²) in [5.74, 6) is 0. The largest absolute Gasteiger partial charge is 0.383 e. The number of hydrogen-bond acceptors (Lipinski definition) is 6. The Morgan fingerprint density at radius 1 is 1.38 bits per heavy atom. The molecule has 0 amide bonds. The van der Waals surface area contributed by atoms with E-state index in [1.165, 1.54) is 26.3 Å². The van der Waals surface area contributed by atoms with Crippen LogP contribution in [0.5, 0.6) is 0 Å². The quantitative estimate of drug-likeness (QED) is 0.580. The van der Waals surface area contributed by atoms with E-state index < -0.39 is 20.5 Å². The maximum Gasteiger partial charge on any atom is 0.292 e. The minimum atomic E-state index is -3.81. The number of sulfonamides is 1. The maximum atomic E-state index is 12.3. The van der Waals surface area contributed by atoms with Crippen molar-refractivity contribution in [2.24, 2.45) is 0 Å². The number of benzene rings is 1. The first-order valence-corrected chi connectivity index (χ1v) is 7.60. The van der Waals surface area contributed by atoms with Crippen molar-refractivity contribution >= 4 is 21.4 Å². The van der Waals surface area contributed by atoms with Crippen molar-refractivity contribution in [1.82, 2.24) is 4.72 Å². The molecule has 0 aromatic heterocycles. The van der Waals surface area contributed by atoms with Gasteiger partial charge < -0.3 is 10.1 Å². The molecule has 0 aliphatic heterocycles. The standard InChI is InChI=1S/C12H19N3O5S/c1-12(2,8-20-4)14-21(18,19)9-5-6-11(15(16)17)10(7-9)13-3/h5-7,13-14H,8H2,1-4H3. The van der Waals surface area contributed by atoms with E-state index >= 15 is 0 Å². The number of nitrogens with zero attached hydrogens (tertiary/aromatic N) is 1. The van der Waals surface area contributed by atoms with Crippen LogP contribution >= 0.6 is 0 Å². The Kier molecular flexibility index (Phi) is 5.26. The zero-order valence-corrected chi connectivity index (χ0v) is 13.2. The molecule has 0 spiro atoms. The van der Waals surface area contributed by atoms with Crippen molar-refractivity contribution in [2.75, 3.05) is 26.1 Å². The van der Waals surface area contributed by atoms with Crippen LogP contribution in [0.4, 0.5) is 11.4 Å². The number of ether oxygens (including phenoxy) is 1. The average Bonchev–Trinajstić information content (AvgIpc) is 2.36. The second-order valence-electron chi connectivity index (χ2n) is 5.11. The number of methoxy groups -OCH3 is 1. The van der Waals surface area contributed by atoms with E-state index in [9.17, 15) is 18.5 Å². The lowest BCUT2D eigenvalue weighted by Crippen LogP contribution is -2.46. The lowest BCUT2D eigenvalue weighted by atomic mass is 10.1. The molecule has 21 heavy (non-hydrogen) atoms. The predicted octanol–water partition coefficient (Wildman–Crippen LogP) is 1.34. The van der Waals surface area contributed by atoms with E-state index in [1.807, 2.05) is 0 Å². The Morgan fingerprint density at radius 3 is 2.48 bits per heavy atom. The Morgan fingerprint density at radius 2 is 2.00 bits per heavy atom. The molecule has 9 heteroatoms. The van der Waals surface area contributed by atoms with Gasteiger partial charge in [-0.25, -0.2) is 13.1 Å². The van der Waals surface area contributed by atoms with E-state index in [0.717, 1.165) is 6.07 Å². The minimum Gasteiger partial charge on any atom is -0.383 e. The molecular weight excluding hydrogens is 298 g/mol. The van der Waals surface area contributed by atoms with Gasteiger partial charge in [0.1, 0.15) is 5.69 Å². The van der Waals surface area contributed by atoms with E-state index in [4.69, 9.17) is 4.74 Å². The molecule has 0 heterocycles. The average molecular weight is 317 g/mol. The number of nitro benzene ring substituents is 1. The summed E-state index contributed by atoms with van der Waals surface area (Å²) in [4.78, 5) is 10.2. The van der Waals surface area contributed by atoms with Crippen LogP contribution in [0.2, 0.25) is 0 Å². The Labute approximate surface area is 123 Å². The van der Waals surface area contributed by atoms with Gasteiger partial charge in [0.2, 0.25) is 10.0 Å². The Hall–Kier alpha value is -1.71. The third-order valence-corrected chi connectivity index (χ3v) is 4.36. The number of rotatable bonds is 7. The van der Waals surface area contributed by atoms with Crippen LogP contribution in [-0.4, -0.2) is 39.6 Å². The zero-order valence-electron chi connectivity index (χ0n) is 12.3. The number of anilines is 1. The van der Waals surface area contributed by atoms with Crippen LogP contribution in [0.15, 0.2) is 23.1 Å². The molecule has 0 bridgehead atoms. The molecule has 1 rings (SSSR count). The first-order chi connectivity index (χ1) is 9.63. The van der Waals surface area contributed by atoms with Crippen LogP contribution in [0.25, 0.3) is 0 Å².